The monoisotopic (exact) mass is 361 g/mol. The van der Waals surface area contributed by atoms with Gasteiger partial charge in [-0.05, 0) is 44.4 Å². The van der Waals surface area contributed by atoms with Gasteiger partial charge in [0.15, 0.2) is 5.96 Å². The molecule has 2 aromatic rings. The lowest BCUT2D eigenvalue weighted by Crippen LogP contribution is -2.38. The largest absolute Gasteiger partial charge is 0.489 e. The fraction of sp³-hybridized carbons (Fsp3) is 0.474. The first-order valence-corrected chi connectivity index (χ1v) is 8.98. The molecule has 0 amide bonds. The van der Waals surface area contributed by atoms with Crippen molar-refractivity contribution in [1.82, 2.24) is 20.4 Å². The SMILES string of the molecule is CCNC(=NCC(C)Oc1cccc(F)c1)NCCCc1cnn(C)c1. The number of nitrogens with zero attached hydrogens (tertiary/aromatic N) is 3. The summed E-state index contributed by atoms with van der Waals surface area (Å²) in [5.41, 5.74) is 1.23. The number of halogens is 1. The molecule has 0 radical (unpaired) electrons. The zero-order chi connectivity index (χ0) is 18.8. The lowest BCUT2D eigenvalue weighted by molar-refractivity contribution is 0.229. The molecule has 7 heteroatoms. The van der Waals surface area contributed by atoms with Gasteiger partial charge in [-0.15, -0.1) is 0 Å². The van der Waals surface area contributed by atoms with Crippen LogP contribution in [0.4, 0.5) is 4.39 Å². The van der Waals surface area contributed by atoms with E-state index in [4.69, 9.17) is 4.74 Å². The van der Waals surface area contributed by atoms with E-state index in [1.54, 1.807) is 12.1 Å². The first kappa shape index (κ1) is 19.8. The summed E-state index contributed by atoms with van der Waals surface area (Å²) in [4.78, 5) is 4.54. The van der Waals surface area contributed by atoms with Crippen molar-refractivity contribution in [2.24, 2.45) is 12.0 Å². The zero-order valence-corrected chi connectivity index (χ0v) is 15.7. The predicted molar refractivity (Wildman–Crippen MR) is 102 cm³/mol. The molecule has 26 heavy (non-hydrogen) atoms. The van der Waals surface area contributed by atoms with Crippen molar-refractivity contribution in [3.05, 3.63) is 48.0 Å². The third-order valence-electron chi connectivity index (χ3n) is 3.68. The van der Waals surface area contributed by atoms with E-state index in [0.717, 1.165) is 31.9 Å². The number of aliphatic imine (C=N–C) groups is 1. The van der Waals surface area contributed by atoms with E-state index in [-0.39, 0.29) is 11.9 Å². The van der Waals surface area contributed by atoms with E-state index in [2.05, 4.69) is 20.7 Å². The van der Waals surface area contributed by atoms with Crippen molar-refractivity contribution in [3.63, 3.8) is 0 Å². The third kappa shape index (κ3) is 7.13. The summed E-state index contributed by atoms with van der Waals surface area (Å²) in [6.07, 6.45) is 5.74. The van der Waals surface area contributed by atoms with Gasteiger partial charge in [0.1, 0.15) is 17.7 Å². The Kier molecular flexibility index (Phi) is 7.92. The minimum atomic E-state index is -0.304. The van der Waals surface area contributed by atoms with Crippen LogP contribution in [0.15, 0.2) is 41.7 Å². The van der Waals surface area contributed by atoms with Crippen LogP contribution in [0.25, 0.3) is 0 Å². The molecule has 2 rings (SSSR count). The number of hydrogen-bond acceptors (Lipinski definition) is 3. The number of nitrogens with one attached hydrogen (secondary N) is 2. The number of benzene rings is 1. The fourth-order valence-electron chi connectivity index (χ4n) is 2.47. The van der Waals surface area contributed by atoms with Gasteiger partial charge < -0.3 is 15.4 Å². The Morgan fingerprint density at radius 3 is 2.92 bits per heavy atom. The molecule has 6 nitrogen and oxygen atoms in total. The van der Waals surface area contributed by atoms with E-state index < -0.39 is 0 Å². The molecular formula is C19H28FN5O. The molecule has 0 saturated heterocycles. The Bertz CT molecular complexity index is 701. The second-order valence-corrected chi connectivity index (χ2v) is 6.16. The lowest BCUT2D eigenvalue weighted by atomic mass is 10.2. The Morgan fingerprint density at radius 2 is 2.23 bits per heavy atom. The summed E-state index contributed by atoms with van der Waals surface area (Å²) in [6.45, 7) is 6.03. The lowest BCUT2D eigenvalue weighted by Gasteiger charge is -2.15. The third-order valence-corrected chi connectivity index (χ3v) is 3.68. The molecule has 1 unspecified atom stereocenters. The maximum absolute atomic E-state index is 13.2. The van der Waals surface area contributed by atoms with Gasteiger partial charge in [-0.25, -0.2) is 9.38 Å². The van der Waals surface area contributed by atoms with Gasteiger partial charge in [-0.1, -0.05) is 6.07 Å². The standard InChI is InChI=1S/C19H28FN5O/c1-4-21-19(22-10-6-7-16-13-24-25(3)14-16)23-12-15(2)26-18-9-5-8-17(20)11-18/h5,8-9,11,13-15H,4,6-7,10,12H2,1-3H3,(H2,21,22,23). The second kappa shape index (κ2) is 10.4. The molecule has 0 aliphatic carbocycles. The van der Waals surface area contributed by atoms with Crippen LogP contribution in [0.3, 0.4) is 0 Å². The molecule has 0 bridgehead atoms. The van der Waals surface area contributed by atoms with Crippen molar-refractivity contribution in [1.29, 1.82) is 0 Å². The van der Waals surface area contributed by atoms with Crippen molar-refractivity contribution < 1.29 is 9.13 Å². The van der Waals surface area contributed by atoms with Crippen LogP contribution in [0.1, 0.15) is 25.8 Å². The molecule has 142 valence electrons. The highest BCUT2D eigenvalue weighted by Crippen LogP contribution is 2.13. The average molecular weight is 361 g/mol. The van der Waals surface area contributed by atoms with Gasteiger partial charge in [0.2, 0.25) is 0 Å². The van der Waals surface area contributed by atoms with E-state index in [1.807, 2.05) is 38.0 Å². The van der Waals surface area contributed by atoms with Crippen LogP contribution in [0.2, 0.25) is 0 Å². The summed E-state index contributed by atoms with van der Waals surface area (Å²) >= 11 is 0. The molecule has 1 atom stereocenters. The number of aryl methyl sites for hydroxylation is 2. The van der Waals surface area contributed by atoms with Gasteiger partial charge in [-0.3, -0.25) is 4.68 Å². The van der Waals surface area contributed by atoms with Gasteiger partial charge in [-0.2, -0.15) is 5.10 Å². The number of ether oxygens (including phenoxy) is 1. The van der Waals surface area contributed by atoms with E-state index in [0.29, 0.717) is 12.3 Å². The molecular weight excluding hydrogens is 333 g/mol. The van der Waals surface area contributed by atoms with Crippen LogP contribution < -0.4 is 15.4 Å². The quantitative estimate of drug-likeness (QED) is 0.409. The average Bonchev–Trinajstić information content (AvgIpc) is 3.01. The Labute approximate surface area is 154 Å². The Balaban J connectivity index is 1.75. The summed E-state index contributed by atoms with van der Waals surface area (Å²) in [5.74, 6) is 0.970. The number of hydrogen-bond donors (Lipinski definition) is 2. The van der Waals surface area contributed by atoms with Crippen molar-refractivity contribution in [2.45, 2.75) is 32.8 Å². The number of aromatic nitrogens is 2. The van der Waals surface area contributed by atoms with Gasteiger partial charge >= 0.3 is 0 Å². The van der Waals surface area contributed by atoms with Crippen LogP contribution >= 0.6 is 0 Å². The van der Waals surface area contributed by atoms with Crippen LogP contribution in [-0.2, 0) is 13.5 Å². The molecule has 0 saturated carbocycles. The highest BCUT2D eigenvalue weighted by Gasteiger charge is 2.05. The zero-order valence-electron chi connectivity index (χ0n) is 15.7. The first-order chi connectivity index (χ1) is 12.6. The van der Waals surface area contributed by atoms with Crippen molar-refractivity contribution in [3.8, 4) is 5.75 Å². The van der Waals surface area contributed by atoms with Gasteiger partial charge in [0.05, 0.1) is 12.7 Å². The van der Waals surface area contributed by atoms with Crippen molar-refractivity contribution in [2.75, 3.05) is 19.6 Å². The highest BCUT2D eigenvalue weighted by atomic mass is 19.1. The van der Waals surface area contributed by atoms with Gasteiger partial charge in [0, 0.05) is 32.4 Å². The molecule has 0 fully saturated rings. The summed E-state index contributed by atoms with van der Waals surface area (Å²) in [6, 6.07) is 6.15. The highest BCUT2D eigenvalue weighted by molar-refractivity contribution is 5.79. The molecule has 1 heterocycles. The van der Waals surface area contributed by atoms with Crippen LogP contribution in [-0.4, -0.2) is 41.5 Å². The molecule has 0 spiro atoms. The predicted octanol–water partition coefficient (Wildman–Crippen LogP) is 2.51. The Morgan fingerprint density at radius 1 is 1.38 bits per heavy atom. The molecule has 1 aromatic carbocycles. The Hall–Kier alpha value is -2.57. The van der Waals surface area contributed by atoms with E-state index >= 15 is 0 Å². The smallest absolute Gasteiger partial charge is 0.191 e. The molecule has 0 aliphatic heterocycles. The van der Waals surface area contributed by atoms with E-state index in [1.165, 1.54) is 17.7 Å². The molecule has 1 aromatic heterocycles. The molecule has 2 N–H and O–H groups in total. The minimum Gasteiger partial charge on any atom is -0.489 e. The maximum Gasteiger partial charge on any atom is 0.191 e. The fourth-order valence-corrected chi connectivity index (χ4v) is 2.47. The summed E-state index contributed by atoms with van der Waals surface area (Å²) in [5, 5.41) is 10.7. The number of guanidine groups is 1. The topological polar surface area (TPSA) is 63.5 Å². The second-order valence-electron chi connectivity index (χ2n) is 6.16. The van der Waals surface area contributed by atoms with Crippen LogP contribution in [0, 0.1) is 5.82 Å². The number of rotatable bonds is 9. The van der Waals surface area contributed by atoms with E-state index in [9.17, 15) is 4.39 Å². The molecule has 0 aliphatic rings. The van der Waals surface area contributed by atoms with Crippen molar-refractivity contribution >= 4 is 5.96 Å². The first-order valence-electron chi connectivity index (χ1n) is 8.98. The summed E-state index contributed by atoms with van der Waals surface area (Å²) in [7, 11) is 1.92. The normalized spacial score (nSPS) is 12.7. The van der Waals surface area contributed by atoms with Crippen LogP contribution in [0.5, 0.6) is 5.75 Å². The van der Waals surface area contributed by atoms with Gasteiger partial charge in [0.25, 0.3) is 0 Å². The maximum atomic E-state index is 13.2. The minimum absolute atomic E-state index is 0.150. The summed E-state index contributed by atoms with van der Waals surface area (Å²) < 4.78 is 20.7.